The summed E-state index contributed by atoms with van der Waals surface area (Å²) in [5.74, 6) is 0.131. The first-order chi connectivity index (χ1) is 10.3. The lowest BCUT2D eigenvalue weighted by Gasteiger charge is -2.21. The number of rotatable bonds is 5. The molecule has 0 aliphatic rings. The van der Waals surface area contributed by atoms with Crippen LogP contribution in [0.2, 0.25) is 0 Å². The van der Waals surface area contributed by atoms with Crippen LogP contribution in [0.25, 0.3) is 0 Å². The van der Waals surface area contributed by atoms with Crippen molar-refractivity contribution in [3.8, 4) is 0 Å². The molecule has 0 aliphatic carbocycles. The fraction of sp³-hybridized carbons (Fsp3) is 0.286. The van der Waals surface area contributed by atoms with Crippen molar-refractivity contribution in [2.75, 3.05) is 12.4 Å². The minimum atomic E-state index is -3.55. The summed E-state index contributed by atoms with van der Waals surface area (Å²) in [6, 6.07) is 7.29. The molecule has 0 spiro atoms. The molecule has 0 fully saturated rings. The molecule has 118 valence electrons. The highest BCUT2D eigenvalue weighted by atomic mass is 32.2. The van der Waals surface area contributed by atoms with Crippen LogP contribution in [0.15, 0.2) is 41.4 Å². The predicted octanol–water partition coefficient (Wildman–Crippen LogP) is 1.69. The number of hydrogen-bond donors (Lipinski definition) is 2. The van der Waals surface area contributed by atoms with Crippen LogP contribution in [-0.4, -0.2) is 41.9 Å². The number of sulfonamides is 1. The van der Waals surface area contributed by atoms with E-state index in [-0.39, 0.29) is 16.8 Å². The number of anilines is 1. The van der Waals surface area contributed by atoms with Crippen LogP contribution in [0.5, 0.6) is 0 Å². The molecule has 2 aromatic rings. The highest BCUT2D eigenvalue weighted by Gasteiger charge is 2.23. The van der Waals surface area contributed by atoms with Crippen molar-refractivity contribution in [1.82, 2.24) is 14.5 Å². The molecule has 1 heterocycles. The van der Waals surface area contributed by atoms with Gasteiger partial charge in [-0.15, -0.1) is 0 Å². The van der Waals surface area contributed by atoms with Crippen LogP contribution in [0.1, 0.15) is 24.2 Å². The molecule has 2 rings (SSSR count). The third-order valence-corrected chi connectivity index (χ3v) is 5.32. The standard InChI is InChI=1S/C14H18N4O3S/c1-10(2)18(3)22(20,21)12-6-4-11(5-7-12)14(19)16-13-8-9-15-17-13/h4-10H,1-3H3,(H2,15,16,17,19). The van der Waals surface area contributed by atoms with Gasteiger partial charge in [-0.2, -0.15) is 9.40 Å². The van der Waals surface area contributed by atoms with Crippen molar-refractivity contribution >= 4 is 21.7 Å². The lowest BCUT2D eigenvalue weighted by Crippen LogP contribution is -2.33. The zero-order chi connectivity index (χ0) is 16.3. The van der Waals surface area contributed by atoms with E-state index in [2.05, 4.69) is 15.5 Å². The van der Waals surface area contributed by atoms with E-state index >= 15 is 0 Å². The largest absolute Gasteiger partial charge is 0.307 e. The van der Waals surface area contributed by atoms with Gasteiger partial charge in [0, 0.05) is 24.7 Å². The summed E-state index contributed by atoms with van der Waals surface area (Å²) in [4.78, 5) is 12.2. The number of carbonyl (C=O) groups excluding carboxylic acids is 1. The second-order valence-corrected chi connectivity index (χ2v) is 7.06. The SMILES string of the molecule is CC(C)N(C)S(=O)(=O)c1ccc(C(=O)Nc2ccn[nH]2)cc1. The van der Waals surface area contributed by atoms with Gasteiger partial charge in [0.15, 0.2) is 0 Å². The van der Waals surface area contributed by atoms with E-state index < -0.39 is 10.0 Å². The molecule has 1 aromatic heterocycles. The van der Waals surface area contributed by atoms with Crippen molar-refractivity contribution in [2.24, 2.45) is 0 Å². The summed E-state index contributed by atoms with van der Waals surface area (Å²) in [6.45, 7) is 3.59. The normalized spacial score (nSPS) is 11.9. The maximum atomic E-state index is 12.3. The second kappa shape index (κ2) is 6.29. The number of hydrogen-bond acceptors (Lipinski definition) is 4. The average Bonchev–Trinajstić information content (AvgIpc) is 2.99. The maximum absolute atomic E-state index is 12.3. The van der Waals surface area contributed by atoms with E-state index in [0.717, 1.165) is 0 Å². The summed E-state index contributed by atoms with van der Waals surface area (Å²) in [7, 11) is -2.02. The van der Waals surface area contributed by atoms with Gasteiger partial charge in [-0.25, -0.2) is 8.42 Å². The smallest absolute Gasteiger partial charge is 0.256 e. The summed E-state index contributed by atoms with van der Waals surface area (Å²) >= 11 is 0. The highest BCUT2D eigenvalue weighted by molar-refractivity contribution is 7.89. The first kappa shape index (κ1) is 16.2. The van der Waals surface area contributed by atoms with Crippen LogP contribution in [0.4, 0.5) is 5.82 Å². The third kappa shape index (κ3) is 3.34. The first-order valence-electron chi connectivity index (χ1n) is 6.71. The molecule has 0 radical (unpaired) electrons. The van der Waals surface area contributed by atoms with Crippen LogP contribution >= 0.6 is 0 Å². The topological polar surface area (TPSA) is 95.2 Å². The zero-order valence-corrected chi connectivity index (χ0v) is 13.4. The van der Waals surface area contributed by atoms with Crippen molar-refractivity contribution in [2.45, 2.75) is 24.8 Å². The molecule has 0 aliphatic heterocycles. The Morgan fingerprint density at radius 1 is 1.23 bits per heavy atom. The van der Waals surface area contributed by atoms with Crippen LogP contribution in [0, 0.1) is 0 Å². The molecule has 1 amide bonds. The summed E-state index contributed by atoms with van der Waals surface area (Å²) in [5, 5.41) is 8.96. The number of nitrogens with one attached hydrogen (secondary N) is 2. The molecule has 8 heteroatoms. The molecule has 0 saturated heterocycles. The quantitative estimate of drug-likeness (QED) is 0.875. The van der Waals surface area contributed by atoms with E-state index in [1.54, 1.807) is 19.9 Å². The molecule has 0 atom stereocenters. The van der Waals surface area contributed by atoms with Gasteiger partial charge >= 0.3 is 0 Å². The molecule has 0 bridgehead atoms. The summed E-state index contributed by atoms with van der Waals surface area (Å²) in [6.07, 6.45) is 1.52. The predicted molar refractivity (Wildman–Crippen MR) is 83.1 cm³/mol. The average molecular weight is 322 g/mol. The first-order valence-corrected chi connectivity index (χ1v) is 8.15. The Balaban J connectivity index is 2.18. The summed E-state index contributed by atoms with van der Waals surface area (Å²) < 4.78 is 25.9. The summed E-state index contributed by atoms with van der Waals surface area (Å²) in [5.41, 5.74) is 0.362. The zero-order valence-electron chi connectivity index (χ0n) is 12.6. The van der Waals surface area contributed by atoms with E-state index in [1.165, 1.54) is 41.8 Å². The fourth-order valence-corrected chi connectivity index (χ4v) is 3.11. The molecule has 0 unspecified atom stereocenters. The van der Waals surface area contributed by atoms with E-state index in [9.17, 15) is 13.2 Å². The molecule has 22 heavy (non-hydrogen) atoms. The lowest BCUT2D eigenvalue weighted by atomic mass is 10.2. The third-order valence-electron chi connectivity index (χ3n) is 3.27. The van der Waals surface area contributed by atoms with E-state index in [4.69, 9.17) is 0 Å². The number of aromatic amines is 1. The minimum absolute atomic E-state index is 0.145. The Labute approximate surface area is 129 Å². The van der Waals surface area contributed by atoms with Crippen molar-refractivity contribution in [3.63, 3.8) is 0 Å². The van der Waals surface area contributed by atoms with Gasteiger partial charge in [-0.1, -0.05) is 0 Å². The second-order valence-electron chi connectivity index (χ2n) is 5.06. The van der Waals surface area contributed by atoms with Crippen LogP contribution < -0.4 is 5.32 Å². The molecule has 2 N–H and O–H groups in total. The number of H-pyrrole nitrogens is 1. The Morgan fingerprint density at radius 3 is 2.36 bits per heavy atom. The van der Waals surface area contributed by atoms with E-state index in [1.807, 2.05) is 0 Å². The van der Waals surface area contributed by atoms with Gasteiger partial charge < -0.3 is 5.32 Å². The molecular formula is C14H18N4O3S. The van der Waals surface area contributed by atoms with Gasteiger partial charge in [0.2, 0.25) is 10.0 Å². The van der Waals surface area contributed by atoms with Gasteiger partial charge in [0.05, 0.1) is 11.1 Å². The Morgan fingerprint density at radius 2 is 1.86 bits per heavy atom. The lowest BCUT2D eigenvalue weighted by molar-refractivity contribution is 0.102. The Kier molecular flexibility index (Phi) is 4.62. The molecular weight excluding hydrogens is 304 g/mol. The fourth-order valence-electron chi connectivity index (χ4n) is 1.74. The van der Waals surface area contributed by atoms with Gasteiger partial charge in [-0.3, -0.25) is 9.89 Å². The van der Waals surface area contributed by atoms with Crippen LogP contribution in [0.3, 0.4) is 0 Å². The minimum Gasteiger partial charge on any atom is -0.307 e. The molecule has 1 aromatic carbocycles. The number of benzene rings is 1. The van der Waals surface area contributed by atoms with E-state index in [0.29, 0.717) is 11.4 Å². The number of amides is 1. The van der Waals surface area contributed by atoms with Gasteiger partial charge in [-0.05, 0) is 38.1 Å². The van der Waals surface area contributed by atoms with Crippen molar-refractivity contribution in [1.29, 1.82) is 0 Å². The number of nitrogens with zero attached hydrogens (tertiary/aromatic N) is 2. The Bertz CT molecular complexity index is 737. The molecule has 0 saturated carbocycles. The number of aromatic nitrogens is 2. The van der Waals surface area contributed by atoms with Gasteiger partial charge in [0.1, 0.15) is 5.82 Å². The molecule has 7 nitrogen and oxygen atoms in total. The Hall–Kier alpha value is -2.19. The van der Waals surface area contributed by atoms with Crippen molar-refractivity contribution < 1.29 is 13.2 Å². The highest BCUT2D eigenvalue weighted by Crippen LogP contribution is 2.17. The maximum Gasteiger partial charge on any atom is 0.256 e. The van der Waals surface area contributed by atoms with Crippen LogP contribution in [-0.2, 0) is 10.0 Å². The van der Waals surface area contributed by atoms with Crippen molar-refractivity contribution in [3.05, 3.63) is 42.1 Å². The van der Waals surface area contributed by atoms with Gasteiger partial charge in [0.25, 0.3) is 5.91 Å². The monoisotopic (exact) mass is 322 g/mol. The number of carbonyl (C=O) groups is 1.